The molecule has 0 unspecified atom stereocenters. The number of pyridine rings is 1. The van der Waals surface area contributed by atoms with Crippen LogP contribution in [0.5, 0.6) is 17.2 Å². The Bertz CT molecular complexity index is 922. The molecule has 1 aromatic heterocycles. The van der Waals surface area contributed by atoms with Gasteiger partial charge < -0.3 is 29.3 Å². The Hall–Kier alpha value is -3.86. The molecule has 11 nitrogen and oxygen atoms in total. The molecule has 2 aromatic rings. The van der Waals surface area contributed by atoms with Crippen LogP contribution in [-0.2, 0) is 16.1 Å². The summed E-state index contributed by atoms with van der Waals surface area (Å²) in [6, 6.07) is 7.45. The molecule has 1 fully saturated rings. The maximum Gasteiger partial charge on any atom is 0.414 e. The zero-order chi connectivity index (χ0) is 24.4. The minimum absolute atomic E-state index is 0.0298. The molecule has 2 N–H and O–H groups in total. The van der Waals surface area contributed by atoms with Crippen molar-refractivity contribution in [3.63, 3.8) is 0 Å². The Kier molecular flexibility index (Phi) is 9.43. The number of methoxy groups -OCH3 is 3. The predicted octanol–water partition coefficient (Wildman–Crippen LogP) is 1.22. The standard InChI is InChI=1S/C20H25N3O4.C2H2O4/c1-25-17-12-16(13-18(26-2)19(17)27-3)20(24)23-10-8-22(9-11-23)14-15-4-6-21-7-5-15;3-1(4)2(5)6/h4-7,12-13H,8-11,14H2,1-3H3;(H,3,4)(H,5,6). The minimum Gasteiger partial charge on any atom is -0.493 e. The van der Waals surface area contributed by atoms with Crippen LogP contribution in [0.4, 0.5) is 0 Å². The summed E-state index contributed by atoms with van der Waals surface area (Å²) in [7, 11) is 4.64. The summed E-state index contributed by atoms with van der Waals surface area (Å²) in [4.78, 5) is 39.4. The van der Waals surface area contributed by atoms with Gasteiger partial charge in [0.15, 0.2) is 11.5 Å². The average molecular weight is 461 g/mol. The summed E-state index contributed by atoms with van der Waals surface area (Å²) in [5, 5.41) is 14.8. The Morgan fingerprint density at radius 2 is 1.39 bits per heavy atom. The molecule has 0 saturated carbocycles. The number of benzene rings is 1. The van der Waals surface area contributed by atoms with E-state index in [9.17, 15) is 4.79 Å². The van der Waals surface area contributed by atoms with Crippen molar-refractivity contribution in [2.24, 2.45) is 0 Å². The number of hydrogen-bond donors (Lipinski definition) is 2. The minimum atomic E-state index is -1.82. The van der Waals surface area contributed by atoms with Crippen LogP contribution in [0.15, 0.2) is 36.7 Å². The Morgan fingerprint density at radius 3 is 1.82 bits per heavy atom. The number of ether oxygens (including phenoxy) is 3. The average Bonchev–Trinajstić information content (AvgIpc) is 2.84. The molecular formula is C22H27N3O8. The van der Waals surface area contributed by atoms with E-state index in [0.717, 1.165) is 19.6 Å². The van der Waals surface area contributed by atoms with Crippen molar-refractivity contribution >= 4 is 17.8 Å². The molecule has 0 bridgehead atoms. The van der Waals surface area contributed by atoms with Crippen molar-refractivity contribution in [3.8, 4) is 17.2 Å². The predicted molar refractivity (Wildman–Crippen MR) is 117 cm³/mol. The first-order valence-electron chi connectivity index (χ1n) is 9.97. The fraction of sp³-hybridized carbons (Fsp3) is 0.364. The highest BCUT2D eigenvalue weighted by atomic mass is 16.5. The van der Waals surface area contributed by atoms with Gasteiger partial charge in [0.25, 0.3) is 5.91 Å². The molecule has 2 heterocycles. The number of carbonyl (C=O) groups is 3. The van der Waals surface area contributed by atoms with Crippen molar-refractivity contribution in [3.05, 3.63) is 47.8 Å². The number of piperazine rings is 1. The third kappa shape index (κ3) is 7.07. The molecule has 1 saturated heterocycles. The second kappa shape index (κ2) is 12.2. The Labute approximate surface area is 191 Å². The third-order valence-electron chi connectivity index (χ3n) is 4.91. The van der Waals surface area contributed by atoms with Crippen molar-refractivity contribution < 1.29 is 38.8 Å². The monoisotopic (exact) mass is 461 g/mol. The summed E-state index contributed by atoms with van der Waals surface area (Å²) in [5.74, 6) is -2.23. The van der Waals surface area contributed by atoms with E-state index in [1.165, 1.54) is 5.56 Å². The van der Waals surface area contributed by atoms with E-state index >= 15 is 0 Å². The summed E-state index contributed by atoms with van der Waals surface area (Å²) in [6.07, 6.45) is 3.61. The second-order valence-electron chi connectivity index (χ2n) is 6.95. The van der Waals surface area contributed by atoms with Crippen LogP contribution in [0.25, 0.3) is 0 Å². The number of aliphatic carboxylic acids is 2. The van der Waals surface area contributed by atoms with Crippen LogP contribution in [0, 0.1) is 0 Å². The van der Waals surface area contributed by atoms with Gasteiger partial charge in [0.2, 0.25) is 5.75 Å². The van der Waals surface area contributed by atoms with Crippen LogP contribution in [0.1, 0.15) is 15.9 Å². The zero-order valence-electron chi connectivity index (χ0n) is 18.7. The van der Waals surface area contributed by atoms with Gasteiger partial charge in [-0.2, -0.15) is 0 Å². The Morgan fingerprint density at radius 1 is 0.879 bits per heavy atom. The lowest BCUT2D eigenvalue weighted by Gasteiger charge is -2.35. The maximum absolute atomic E-state index is 12.9. The highest BCUT2D eigenvalue weighted by Crippen LogP contribution is 2.38. The number of nitrogens with zero attached hydrogens (tertiary/aromatic N) is 3. The number of amides is 1. The first-order chi connectivity index (χ1) is 15.8. The van der Waals surface area contributed by atoms with E-state index in [-0.39, 0.29) is 5.91 Å². The van der Waals surface area contributed by atoms with Gasteiger partial charge in [0, 0.05) is 50.7 Å². The van der Waals surface area contributed by atoms with Crippen LogP contribution in [0.2, 0.25) is 0 Å². The van der Waals surface area contributed by atoms with Crippen molar-refractivity contribution in [1.82, 2.24) is 14.8 Å². The lowest BCUT2D eigenvalue weighted by molar-refractivity contribution is -0.159. The van der Waals surface area contributed by atoms with E-state index in [2.05, 4.69) is 9.88 Å². The van der Waals surface area contributed by atoms with Gasteiger partial charge in [0.1, 0.15) is 0 Å². The van der Waals surface area contributed by atoms with Gasteiger partial charge in [0.05, 0.1) is 21.3 Å². The second-order valence-corrected chi connectivity index (χ2v) is 6.95. The molecule has 0 atom stereocenters. The number of aromatic nitrogens is 1. The molecule has 0 radical (unpaired) electrons. The molecule has 33 heavy (non-hydrogen) atoms. The Balaban J connectivity index is 0.000000569. The first-order valence-corrected chi connectivity index (χ1v) is 9.97. The first kappa shape index (κ1) is 25.4. The van der Waals surface area contributed by atoms with Crippen LogP contribution in [-0.4, -0.2) is 90.4 Å². The van der Waals surface area contributed by atoms with Crippen LogP contribution < -0.4 is 14.2 Å². The van der Waals surface area contributed by atoms with Crippen LogP contribution in [0.3, 0.4) is 0 Å². The maximum atomic E-state index is 12.9. The molecule has 1 amide bonds. The SMILES string of the molecule is COc1cc(C(=O)N2CCN(Cc3ccncc3)CC2)cc(OC)c1OC.O=C(O)C(=O)O. The number of hydrogen-bond acceptors (Lipinski definition) is 8. The summed E-state index contributed by atoms with van der Waals surface area (Å²) in [6.45, 7) is 3.90. The largest absolute Gasteiger partial charge is 0.493 e. The quantitative estimate of drug-likeness (QED) is 0.604. The fourth-order valence-corrected chi connectivity index (χ4v) is 3.24. The van der Waals surface area contributed by atoms with Crippen molar-refractivity contribution in [2.45, 2.75) is 6.54 Å². The zero-order valence-corrected chi connectivity index (χ0v) is 18.7. The normalized spacial score (nSPS) is 13.4. The molecule has 11 heteroatoms. The number of carbonyl (C=O) groups excluding carboxylic acids is 1. The number of carboxylic acids is 2. The molecule has 1 aliphatic heterocycles. The fourth-order valence-electron chi connectivity index (χ4n) is 3.24. The summed E-state index contributed by atoms with van der Waals surface area (Å²) in [5.41, 5.74) is 1.77. The highest BCUT2D eigenvalue weighted by molar-refractivity contribution is 6.27. The molecular weight excluding hydrogens is 434 g/mol. The van der Waals surface area contributed by atoms with Gasteiger partial charge in [-0.25, -0.2) is 9.59 Å². The van der Waals surface area contributed by atoms with E-state index in [1.807, 2.05) is 17.0 Å². The van der Waals surface area contributed by atoms with Gasteiger partial charge in [-0.05, 0) is 29.8 Å². The lowest BCUT2D eigenvalue weighted by atomic mass is 10.1. The number of rotatable bonds is 6. The van der Waals surface area contributed by atoms with Gasteiger partial charge in [-0.3, -0.25) is 14.7 Å². The van der Waals surface area contributed by atoms with E-state index in [1.54, 1.807) is 45.9 Å². The van der Waals surface area contributed by atoms with E-state index in [4.69, 9.17) is 34.0 Å². The molecule has 178 valence electrons. The topological polar surface area (TPSA) is 139 Å². The van der Waals surface area contributed by atoms with Gasteiger partial charge in [-0.15, -0.1) is 0 Å². The smallest absolute Gasteiger partial charge is 0.414 e. The summed E-state index contributed by atoms with van der Waals surface area (Å²) < 4.78 is 16.0. The molecule has 1 aromatic carbocycles. The van der Waals surface area contributed by atoms with Crippen molar-refractivity contribution in [2.75, 3.05) is 47.5 Å². The van der Waals surface area contributed by atoms with E-state index in [0.29, 0.717) is 35.9 Å². The molecule has 0 spiro atoms. The van der Waals surface area contributed by atoms with E-state index < -0.39 is 11.9 Å². The number of carboxylic acid groups (broad SMARTS) is 2. The molecule has 1 aliphatic rings. The molecule has 3 rings (SSSR count). The molecule has 0 aliphatic carbocycles. The van der Waals surface area contributed by atoms with Gasteiger partial charge >= 0.3 is 11.9 Å². The third-order valence-corrected chi connectivity index (χ3v) is 4.91. The van der Waals surface area contributed by atoms with Crippen molar-refractivity contribution in [1.29, 1.82) is 0 Å². The van der Waals surface area contributed by atoms with Crippen LogP contribution >= 0.6 is 0 Å². The summed E-state index contributed by atoms with van der Waals surface area (Å²) >= 11 is 0. The lowest BCUT2D eigenvalue weighted by Crippen LogP contribution is -2.48. The highest BCUT2D eigenvalue weighted by Gasteiger charge is 2.24. The van der Waals surface area contributed by atoms with Gasteiger partial charge in [-0.1, -0.05) is 0 Å².